The molecular weight excluding hydrogens is 450 g/mol. The van der Waals surface area contributed by atoms with Crippen LogP contribution >= 0.6 is 23.4 Å². The minimum Gasteiger partial charge on any atom is -0.497 e. The van der Waals surface area contributed by atoms with Crippen LogP contribution < -0.4 is 15.4 Å². The van der Waals surface area contributed by atoms with E-state index in [-0.39, 0.29) is 23.6 Å². The number of rotatable bonds is 8. The van der Waals surface area contributed by atoms with Gasteiger partial charge in [-0.3, -0.25) is 9.59 Å². The van der Waals surface area contributed by atoms with E-state index >= 15 is 0 Å². The summed E-state index contributed by atoms with van der Waals surface area (Å²) in [4.78, 5) is 24.8. The van der Waals surface area contributed by atoms with Crippen molar-refractivity contribution in [3.05, 3.63) is 64.4 Å². The summed E-state index contributed by atoms with van der Waals surface area (Å²) in [6.07, 6.45) is 0. The standard InChI is InChI=1S/C22H24ClN5O3S/c1-13-5-8-16(11-18(13)23)25-19(29)12-32-22-27-26-20(28(22)3)14(2)24-21(30)15-6-9-17(31-4)10-7-15/h5-11,14H,12H2,1-4H3,(H,24,30)(H,25,29)/t14-/m0/s1. The zero-order chi connectivity index (χ0) is 23.3. The summed E-state index contributed by atoms with van der Waals surface area (Å²) in [5.74, 6) is 1.01. The summed E-state index contributed by atoms with van der Waals surface area (Å²) in [5.41, 5.74) is 2.10. The average molecular weight is 474 g/mol. The maximum atomic E-state index is 12.5. The van der Waals surface area contributed by atoms with Crippen molar-refractivity contribution in [2.45, 2.75) is 25.0 Å². The van der Waals surface area contributed by atoms with Crippen LogP contribution in [0.25, 0.3) is 0 Å². The number of halogens is 1. The summed E-state index contributed by atoms with van der Waals surface area (Å²) in [5, 5.41) is 15.2. The molecule has 2 aromatic carbocycles. The topological polar surface area (TPSA) is 98.1 Å². The van der Waals surface area contributed by atoms with Crippen LogP contribution in [0, 0.1) is 6.92 Å². The van der Waals surface area contributed by atoms with E-state index in [2.05, 4.69) is 20.8 Å². The van der Waals surface area contributed by atoms with Crippen LogP contribution in [0.2, 0.25) is 5.02 Å². The fraction of sp³-hybridized carbons (Fsp3) is 0.273. The van der Waals surface area contributed by atoms with Crippen molar-refractivity contribution in [3.63, 3.8) is 0 Å². The molecule has 168 valence electrons. The fourth-order valence-electron chi connectivity index (χ4n) is 2.91. The van der Waals surface area contributed by atoms with Crippen LogP contribution in [0.15, 0.2) is 47.6 Å². The molecule has 0 saturated carbocycles. The molecule has 1 aromatic heterocycles. The van der Waals surface area contributed by atoms with E-state index in [1.54, 1.807) is 55.1 Å². The normalized spacial score (nSPS) is 11.7. The van der Waals surface area contributed by atoms with Gasteiger partial charge in [0, 0.05) is 23.3 Å². The quantitative estimate of drug-likeness (QED) is 0.480. The predicted octanol–water partition coefficient (Wildman–Crippen LogP) is 4.01. The second kappa shape index (κ2) is 10.5. The molecular formula is C22H24ClN5O3S. The molecule has 2 amide bonds. The molecule has 0 fully saturated rings. The Kier molecular flexibility index (Phi) is 7.76. The molecule has 3 rings (SSSR count). The van der Waals surface area contributed by atoms with Crippen molar-refractivity contribution in [1.29, 1.82) is 0 Å². The first kappa shape index (κ1) is 23.6. The number of methoxy groups -OCH3 is 1. The number of nitrogens with zero attached hydrogens (tertiary/aromatic N) is 3. The Hall–Kier alpha value is -3.04. The third-order valence-electron chi connectivity index (χ3n) is 4.74. The number of aromatic nitrogens is 3. The van der Waals surface area contributed by atoms with Crippen LogP contribution in [0.1, 0.15) is 34.7 Å². The molecule has 0 aliphatic carbocycles. The number of aryl methyl sites for hydroxylation is 1. The molecule has 1 atom stereocenters. The first-order valence-electron chi connectivity index (χ1n) is 9.81. The number of anilines is 1. The van der Waals surface area contributed by atoms with Gasteiger partial charge in [0.05, 0.1) is 18.9 Å². The number of ether oxygens (including phenoxy) is 1. The largest absolute Gasteiger partial charge is 0.497 e. The highest BCUT2D eigenvalue weighted by Gasteiger charge is 2.19. The van der Waals surface area contributed by atoms with Gasteiger partial charge in [0.25, 0.3) is 5.91 Å². The number of nitrogens with one attached hydrogen (secondary N) is 2. The van der Waals surface area contributed by atoms with Crippen molar-refractivity contribution in [1.82, 2.24) is 20.1 Å². The Morgan fingerprint density at radius 2 is 1.91 bits per heavy atom. The Morgan fingerprint density at radius 1 is 1.19 bits per heavy atom. The minimum atomic E-state index is -0.375. The van der Waals surface area contributed by atoms with E-state index in [0.29, 0.717) is 33.0 Å². The van der Waals surface area contributed by atoms with Gasteiger partial charge < -0.3 is 19.9 Å². The predicted molar refractivity (Wildman–Crippen MR) is 125 cm³/mol. The van der Waals surface area contributed by atoms with Gasteiger partial charge in [0.2, 0.25) is 5.91 Å². The lowest BCUT2D eigenvalue weighted by Crippen LogP contribution is -2.28. The van der Waals surface area contributed by atoms with Gasteiger partial charge in [0.15, 0.2) is 11.0 Å². The smallest absolute Gasteiger partial charge is 0.251 e. The highest BCUT2D eigenvalue weighted by molar-refractivity contribution is 7.99. The summed E-state index contributed by atoms with van der Waals surface area (Å²) < 4.78 is 6.87. The number of amides is 2. The third kappa shape index (κ3) is 5.80. The van der Waals surface area contributed by atoms with Crippen LogP contribution in [0.4, 0.5) is 5.69 Å². The van der Waals surface area contributed by atoms with E-state index < -0.39 is 0 Å². The Bertz CT molecular complexity index is 1120. The van der Waals surface area contributed by atoms with Crippen LogP contribution in [-0.2, 0) is 11.8 Å². The first-order chi connectivity index (χ1) is 15.3. The van der Waals surface area contributed by atoms with E-state index in [0.717, 1.165) is 5.56 Å². The lowest BCUT2D eigenvalue weighted by Gasteiger charge is -2.14. The van der Waals surface area contributed by atoms with Crippen molar-refractivity contribution >= 4 is 40.9 Å². The lowest BCUT2D eigenvalue weighted by molar-refractivity contribution is -0.113. The molecule has 0 bridgehead atoms. The first-order valence-corrected chi connectivity index (χ1v) is 11.2. The van der Waals surface area contributed by atoms with Crippen LogP contribution in [0.5, 0.6) is 5.75 Å². The van der Waals surface area contributed by atoms with E-state index in [9.17, 15) is 9.59 Å². The number of carbonyl (C=O) groups excluding carboxylic acids is 2. The maximum Gasteiger partial charge on any atom is 0.251 e. The Balaban J connectivity index is 1.57. The molecule has 0 radical (unpaired) electrons. The number of hydrogen-bond donors (Lipinski definition) is 2. The van der Waals surface area contributed by atoms with Gasteiger partial charge in [-0.1, -0.05) is 29.4 Å². The van der Waals surface area contributed by atoms with Gasteiger partial charge in [-0.2, -0.15) is 0 Å². The second-order valence-corrected chi connectivity index (χ2v) is 8.47. The van der Waals surface area contributed by atoms with E-state index in [4.69, 9.17) is 16.3 Å². The second-order valence-electron chi connectivity index (χ2n) is 7.12. The summed E-state index contributed by atoms with van der Waals surface area (Å²) in [6.45, 7) is 3.73. The molecule has 0 aliphatic rings. The molecule has 1 heterocycles. The van der Waals surface area contributed by atoms with Gasteiger partial charge >= 0.3 is 0 Å². The monoisotopic (exact) mass is 473 g/mol. The molecule has 0 saturated heterocycles. The van der Waals surface area contributed by atoms with Crippen molar-refractivity contribution in [2.24, 2.45) is 7.05 Å². The summed E-state index contributed by atoms with van der Waals surface area (Å²) in [7, 11) is 3.37. The number of thioether (sulfide) groups is 1. The average Bonchev–Trinajstić information content (AvgIpc) is 3.15. The van der Waals surface area contributed by atoms with E-state index in [1.807, 2.05) is 19.9 Å². The summed E-state index contributed by atoms with van der Waals surface area (Å²) in [6, 6.07) is 11.8. The van der Waals surface area contributed by atoms with Crippen molar-refractivity contribution in [3.8, 4) is 5.75 Å². The minimum absolute atomic E-state index is 0.157. The highest BCUT2D eigenvalue weighted by Crippen LogP contribution is 2.22. The molecule has 3 aromatic rings. The zero-order valence-corrected chi connectivity index (χ0v) is 19.8. The molecule has 0 aliphatic heterocycles. The van der Waals surface area contributed by atoms with E-state index in [1.165, 1.54) is 11.8 Å². The Labute approximate surface area is 195 Å². The lowest BCUT2D eigenvalue weighted by atomic mass is 10.2. The molecule has 2 N–H and O–H groups in total. The fourth-order valence-corrected chi connectivity index (χ4v) is 3.81. The van der Waals surface area contributed by atoms with Crippen molar-refractivity contribution in [2.75, 3.05) is 18.2 Å². The van der Waals surface area contributed by atoms with Crippen molar-refractivity contribution < 1.29 is 14.3 Å². The van der Waals surface area contributed by atoms with Gasteiger partial charge in [0.1, 0.15) is 5.75 Å². The third-order valence-corrected chi connectivity index (χ3v) is 6.17. The van der Waals surface area contributed by atoms with Gasteiger partial charge in [-0.05, 0) is 55.8 Å². The molecule has 32 heavy (non-hydrogen) atoms. The molecule has 8 nitrogen and oxygen atoms in total. The van der Waals surface area contributed by atoms with Crippen LogP contribution in [-0.4, -0.2) is 39.4 Å². The molecule has 0 unspecified atom stereocenters. The van der Waals surface area contributed by atoms with Gasteiger partial charge in [-0.15, -0.1) is 10.2 Å². The molecule has 0 spiro atoms. The Morgan fingerprint density at radius 3 is 2.56 bits per heavy atom. The maximum absolute atomic E-state index is 12.5. The number of benzene rings is 2. The highest BCUT2D eigenvalue weighted by atomic mass is 35.5. The molecule has 10 heteroatoms. The number of hydrogen-bond acceptors (Lipinski definition) is 6. The SMILES string of the molecule is COc1ccc(C(=O)N[C@@H](C)c2nnc(SCC(=O)Nc3ccc(C)c(Cl)c3)n2C)cc1. The van der Waals surface area contributed by atoms with Crippen LogP contribution in [0.3, 0.4) is 0 Å². The van der Waals surface area contributed by atoms with Gasteiger partial charge in [-0.25, -0.2) is 0 Å². The zero-order valence-electron chi connectivity index (χ0n) is 18.2. The summed E-state index contributed by atoms with van der Waals surface area (Å²) >= 11 is 7.36. The number of carbonyl (C=O) groups is 2.